The van der Waals surface area contributed by atoms with E-state index in [1.54, 1.807) is 0 Å². The molecule has 0 spiro atoms. The van der Waals surface area contributed by atoms with Crippen molar-refractivity contribution in [2.45, 2.75) is 33.8 Å². The third kappa shape index (κ3) is 3.68. The lowest BCUT2D eigenvalue weighted by molar-refractivity contribution is 0.00335. The van der Waals surface area contributed by atoms with Crippen molar-refractivity contribution in [2.24, 2.45) is 0 Å². The van der Waals surface area contributed by atoms with Gasteiger partial charge in [-0.25, -0.2) is 4.98 Å². The predicted octanol–water partition coefficient (Wildman–Crippen LogP) is 1.92. The highest BCUT2D eigenvalue weighted by Gasteiger charge is 2.20. The number of pyridine rings is 1. The minimum atomic E-state index is -0.0860. The molecule has 0 aliphatic carbocycles. The molecule has 1 saturated heterocycles. The van der Waals surface area contributed by atoms with Crippen LogP contribution in [0, 0.1) is 13.8 Å². The highest BCUT2D eigenvalue weighted by Crippen LogP contribution is 2.17. The number of rotatable bonds is 2. The van der Waals surface area contributed by atoms with Crippen molar-refractivity contribution in [3.8, 4) is 0 Å². The van der Waals surface area contributed by atoms with Crippen LogP contribution in [0.25, 0.3) is 0 Å². The van der Waals surface area contributed by atoms with Gasteiger partial charge in [-0.3, -0.25) is 0 Å². The fourth-order valence-corrected chi connectivity index (χ4v) is 1.83. The summed E-state index contributed by atoms with van der Waals surface area (Å²) in [5.74, 6) is 0.977. The monoisotopic (exact) mass is 252 g/mol. The lowest BCUT2D eigenvalue weighted by Crippen LogP contribution is -2.44. The van der Waals surface area contributed by atoms with Gasteiger partial charge in [0.25, 0.3) is 0 Å². The fraction of sp³-hybridized carbons (Fsp3) is 0.643. The fourth-order valence-electron chi connectivity index (χ4n) is 1.83. The average Bonchev–Trinajstić information content (AvgIpc) is 2.44. The van der Waals surface area contributed by atoms with Crippen molar-refractivity contribution in [3.63, 3.8) is 0 Å². The SMILES string of the molecule is CC.Cc1ccc(N2CCOC(CO)C2)nc1C. The molecular formula is C14H24N2O2. The van der Waals surface area contributed by atoms with E-state index >= 15 is 0 Å². The third-order valence-corrected chi connectivity index (χ3v) is 3.00. The van der Waals surface area contributed by atoms with Gasteiger partial charge >= 0.3 is 0 Å². The summed E-state index contributed by atoms with van der Waals surface area (Å²) >= 11 is 0. The second kappa shape index (κ2) is 7.34. The molecule has 4 heteroatoms. The van der Waals surface area contributed by atoms with Crippen LogP contribution in [0.15, 0.2) is 12.1 Å². The molecule has 1 unspecified atom stereocenters. The Kier molecular flexibility index (Phi) is 6.09. The molecule has 0 aromatic carbocycles. The minimum absolute atomic E-state index is 0.0708. The molecule has 0 amide bonds. The second-order valence-electron chi connectivity index (χ2n) is 4.19. The Labute approximate surface area is 110 Å². The van der Waals surface area contributed by atoms with Crippen molar-refractivity contribution >= 4 is 5.82 Å². The van der Waals surface area contributed by atoms with Gasteiger partial charge in [0, 0.05) is 18.8 Å². The number of hydrogen-bond donors (Lipinski definition) is 1. The normalized spacial score (nSPS) is 19.2. The zero-order valence-electron chi connectivity index (χ0n) is 11.8. The Bertz CT molecular complexity index is 369. The Morgan fingerprint density at radius 3 is 2.72 bits per heavy atom. The zero-order valence-corrected chi connectivity index (χ0v) is 11.8. The van der Waals surface area contributed by atoms with Crippen LogP contribution < -0.4 is 4.90 Å². The number of aliphatic hydroxyl groups is 1. The molecule has 1 N–H and O–H groups in total. The van der Waals surface area contributed by atoms with Gasteiger partial charge in [0.1, 0.15) is 5.82 Å². The van der Waals surface area contributed by atoms with E-state index in [0.717, 1.165) is 18.1 Å². The van der Waals surface area contributed by atoms with Crippen LogP contribution in [0.2, 0.25) is 0 Å². The van der Waals surface area contributed by atoms with Crippen LogP contribution in [0.3, 0.4) is 0 Å². The molecule has 1 aromatic heterocycles. The topological polar surface area (TPSA) is 45.6 Å². The van der Waals surface area contributed by atoms with Crippen LogP contribution >= 0.6 is 0 Å². The molecule has 2 heterocycles. The number of anilines is 1. The van der Waals surface area contributed by atoms with E-state index in [2.05, 4.69) is 22.9 Å². The van der Waals surface area contributed by atoms with E-state index in [4.69, 9.17) is 9.84 Å². The summed E-state index contributed by atoms with van der Waals surface area (Å²) in [7, 11) is 0. The Hall–Kier alpha value is -1.13. The summed E-state index contributed by atoms with van der Waals surface area (Å²) in [4.78, 5) is 6.72. The first-order valence-corrected chi connectivity index (χ1v) is 6.62. The van der Waals surface area contributed by atoms with Gasteiger partial charge in [-0.1, -0.05) is 19.9 Å². The van der Waals surface area contributed by atoms with Crippen LogP contribution in [0.5, 0.6) is 0 Å². The number of hydrogen-bond acceptors (Lipinski definition) is 4. The van der Waals surface area contributed by atoms with Crippen LogP contribution in [-0.2, 0) is 4.74 Å². The molecule has 4 nitrogen and oxygen atoms in total. The van der Waals surface area contributed by atoms with Crippen molar-refractivity contribution < 1.29 is 9.84 Å². The summed E-state index contributed by atoms with van der Waals surface area (Å²) in [6.07, 6.45) is -0.0860. The van der Waals surface area contributed by atoms with Gasteiger partial charge in [0.15, 0.2) is 0 Å². The maximum atomic E-state index is 9.08. The van der Waals surface area contributed by atoms with Gasteiger partial charge in [0.05, 0.1) is 19.3 Å². The first-order chi connectivity index (χ1) is 8.70. The van der Waals surface area contributed by atoms with E-state index in [1.165, 1.54) is 5.56 Å². The molecule has 18 heavy (non-hydrogen) atoms. The van der Waals surface area contributed by atoms with E-state index in [0.29, 0.717) is 13.2 Å². The van der Waals surface area contributed by atoms with E-state index in [1.807, 2.05) is 26.8 Å². The molecule has 0 radical (unpaired) electrons. The molecule has 2 rings (SSSR count). The van der Waals surface area contributed by atoms with Crippen LogP contribution in [0.1, 0.15) is 25.1 Å². The van der Waals surface area contributed by atoms with Gasteiger partial charge in [-0.15, -0.1) is 0 Å². The van der Waals surface area contributed by atoms with Gasteiger partial charge in [-0.05, 0) is 25.5 Å². The number of aliphatic hydroxyl groups excluding tert-OH is 1. The molecular weight excluding hydrogens is 228 g/mol. The number of nitrogens with zero attached hydrogens (tertiary/aromatic N) is 2. The van der Waals surface area contributed by atoms with E-state index in [9.17, 15) is 0 Å². The number of morpholine rings is 1. The molecule has 1 aliphatic rings. The Morgan fingerprint density at radius 1 is 1.39 bits per heavy atom. The molecule has 1 aromatic rings. The first-order valence-electron chi connectivity index (χ1n) is 6.62. The maximum absolute atomic E-state index is 9.08. The molecule has 1 atom stereocenters. The summed E-state index contributed by atoms with van der Waals surface area (Å²) in [6, 6.07) is 4.11. The van der Waals surface area contributed by atoms with Gasteiger partial charge < -0.3 is 14.7 Å². The standard InChI is InChI=1S/C12H18N2O2.C2H6/c1-9-3-4-12(13-10(9)2)14-5-6-16-11(7-14)8-15;1-2/h3-4,11,15H,5-8H2,1-2H3;1-2H3. The predicted molar refractivity (Wildman–Crippen MR) is 74.1 cm³/mol. The number of aromatic nitrogens is 1. The number of ether oxygens (including phenoxy) is 1. The Morgan fingerprint density at radius 2 is 2.11 bits per heavy atom. The molecule has 102 valence electrons. The number of aryl methyl sites for hydroxylation is 2. The quantitative estimate of drug-likeness (QED) is 0.873. The molecule has 1 fully saturated rings. The smallest absolute Gasteiger partial charge is 0.128 e. The van der Waals surface area contributed by atoms with Gasteiger partial charge in [0.2, 0.25) is 0 Å². The molecule has 0 bridgehead atoms. The van der Waals surface area contributed by atoms with Crippen LogP contribution in [-0.4, -0.2) is 42.5 Å². The minimum Gasteiger partial charge on any atom is -0.394 e. The highest BCUT2D eigenvalue weighted by atomic mass is 16.5. The summed E-state index contributed by atoms with van der Waals surface area (Å²) in [6.45, 7) is 10.4. The molecule has 0 saturated carbocycles. The third-order valence-electron chi connectivity index (χ3n) is 3.00. The second-order valence-corrected chi connectivity index (χ2v) is 4.19. The lowest BCUT2D eigenvalue weighted by Gasteiger charge is -2.33. The first kappa shape index (κ1) is 14.9. The highest BCUT2D eigenvalue weighted by molar-refractivity contribution is 5.41. The zero-order chi connectivity index (χ0) is 13.5. The van der Waals surface area contributed by atoms with Gasteiger partial charge in [-0.2, -0.15) is 0 Å². The Balaban J connectivity index is 0.000000771. The average molecular weight is 252 g/mol. The van der Waals surface area contributed by atoms with Crippen molar-refractivity contribution in [3.05, 3.63) is 23.4 Å². The summed E-state index contributed by atoms with van der Waals surface area (Å²) in [5.41, 5.74) is 2.26. The van der Waals surface area contributed by atoms with Crippen LogP contribution in [0.4, 0.5) is 5.82 Å². The maximum Gasteiger partial charge on any atom is 0.128 e. The summed E-state index contributed by atoms with van der Waals surface area (Å²) < 4.78 is 5.41. The van der Waals surface area contributed by atoms with E-state index < -0.39 is 0 Å². The largest absolute Gasteiger partial charge is 0.394 e. The summed E-state index contributed by atoms with van der Waals surface area (Å²) in [5, 5.41) is 9.08. The lowest BCUT2D eigenvalue weighted by atomic mass is 10.2. The van der Waals surface area contributed by atoms with E-state index in [-0.39, 0.29) is 12.7 Å². The van der Waals surface area contributed by atoms with Crippen molar-refractivity contribution in [2.75, 3.05) is 31.2 Å². The van der Waals surface area contributed by atoms with Crippen molar-refractivity contribution in [1.82, 2.24) is 4.98 Å². The molecule has 1 aliphatic heterocycles. The van der Waals surface area contributed by atoms with Crippen molar-refractivity contribution in [1.29, 1.82) is 0 Å².